The molecule has 0 saturated heterocycles. The van der Waals surface area contributed by atoms with Gasteiger partial charge in [0.2, 0.25) is 0 Å². The number of nitrogens with zero attached hydrogens (tertiary/aromatic N) is 3. The number of carbonyl (C=O) groups is 1. The number of amides is 1. The Morgan fingerprint density at radius 2 is 1.81 bits per heavy atom. The Kier molecular flexibility index (Phi) is 6.12. The molecule has 1 atom stereocenters. The van der Waals surface area contributed by atoms with Gasteiger partial charge >= 0.3 is 0 Å². The fourth-order valence-electron chi connectivity index (χ4n) is 4.05. The van der Waals surface area contributed by atoms with E-state index < -0.39 is 0 Å². The summed E-state index contributed by atoms with van der Waals surface area (Å²) in [5.74, 6) is 0.762. The predicted octanol–water partition coefficient (Wildman–Crippen LogP) is 5.10. The molecular formula is C26H27N3O2. The van der Waals surface area contributed by atoms with Gasteiger partial charge in [0.1, 0.15) is 5.75 Å². The number of phenols is 1. The molecule has 0 bridgehead atoms. The maximum absolute atomic E-state index is 13.6. The lowest BCUT2D eigenvalue weighted by molar-refractivity contribution is 0.0662. The Hall–Kier alpha value is -3.47. The van der Waals surface area contributed by atoms with Gasteiger partial charge in [0.25, 0.3) is 5.91 Å². The van der Waals surface area contributed by atoms with Crippen LogP contribution in [0.2, 0.25) is 0 Å². The van der Waals surface area contributed by atoms with E-state index in [4.69, 9.17) is 9.97 Å². The van der Waals surface area contributed by atoms with E-state index in [-0.39, 0.29) is 17.7 Å². The van der Waals surface area contributed by atoms with Crippen molar-refractivity contribution in [3.8, 4) is 17.1 Å². The third-order valence-corrected chi connectivity index (χ3v) is 5.68. The minimum Gasteiger partial charge on any atom is -0.508 e. The zero-order valence-corrected chi connectivity index (χ0v) is 18.0. The number of allylic oxidation sites excluding steroid dienone is 8. The Morgan fingerprint density at radius 1 is 1.06 bits per heavy atom. The molecule has 5 heteroatoms. The Bertz CT molecular complexity index is 1090. The lowest BCUT2D eigenvalue weighted by Gasteiger charge is -2.34. The minimum absolute atomic E-state index is 0.00494. The van der Waals surface area contributed by atoms with E-state index in [1.54, 1.807) is 24.3 Å². The molecule has 1 amide bonds. The Balaban J connectivity index is 1.87. The molecule has 4 rings (SSSR count). The zero-order valence-electron chi connectivity index (χ0n) is 18.0. The van der Waals surface area contributed by atoms with Crippen LogP contribution in [0.15, 0.2) is 66.8 Å². The Labute approximate surface area is 183 Å². The number of benzene rings is 1. The van der Waals surface area contributed by atoms with Gasteiger partial charge in [-0.25, -0.2) is 9.97 Å². The first-order valence-corrected chi connectivity index (χ1v) is 10.8. The van der Waals surface area contributed by atoms with Crippen molar-refractivity contribution in [3.63, 3.8) is 0 Å². The Morgan fingerprint density at radius 3 is 2.58 bits per heavy atom. The quantitative estimate of drug-likeness (QED) is 0.740. The molecule has 2 aliphatic rings. The fourth-order valence-corrected chi connectivity index (χ4v) is 4.05. The van der Waals surface area contributed by atoms with Crippen molar-refractivity contribution in [2.45, 2.75) is 39.2 Å². The molecule has 2 aromatic rings. The number of fused-ring (bicyclic) bond motifs is 1. The second-order valence-electron chi connectivity index (χ2n) is 7.90. The van der Waals surface area contributed by atoms with Gasteiger partial charge in [-0.05, 0) is 37.6 Å². The second kappa shape index (κ2) is 9.13. The summed E-state index contributed by atoms with van der Waals surface area (Å²) in [4.78, 5) is 25.2. The zero-order chi connectivity index (χ0) is 21.8. The van der Waals surface area contributed by atoms with Crippen molar-refractivity contribution < 1.29 is 9.90 Å². The van der Waals surface area contributed by atoms with Crippen LogP contribution in [0.25, 0.3) is 17.0 Å². The van der Waals surface area contributed by atoms with E-state index in [0.29, 0.717) is 30.0 Å². The monoisotopic (exact) mass is 413 g/mol. The predicted molar refractivity (Wildman–Crippen MR) is 124 cm³/mol. The van der Waals surface area contributed by atoms with Crippen LogP contribution in [-0.4, -0.2) is 38.5 Å². The van der Waals surface area contributed by atoms with Crippen LogP contribution < -0.4 is 0 Å². The van der Waals surface area contributed by atoms with Crippen molar-refractivity contribution in [2.75, 3.05) is 6.54 Å². The van der Waals surface area contributed by atoms with Crippen LogP contribution in [0.4, 0.5) is 0 Å². The maximum Gasteiger partial charge on any atom is 0.258 e. The number of rotatable bonds is 5. The molecule has 1 N–H and O–H groups in total. The van der Waals surface area contributed by atoms with Gasteiger partial charge in [-0.15, -0.1) is 0 Å². The normalized spacial score (nSPS) is 16.5. The smallest absolute Gasteiger partial charge is 0.258 e. The molecule has 1 unspecified atom stereocenters. The third kappa shape index (κ3) is 4.36. The van der Waals surface area contributed by atoms with Gasteiger partial charge in [-0.1, -0.05) is 55.9 Å². The molecule has 1 aliphatic carbocycles. The summed E-state index contributed by atoms with van der Waals surface area (Å²) in [6.07, 6.45) is 16.4. The van der Waals surface area contributed by atoms with E-state index >= 15 is 0 Å². The van der Waals surface area contributed by atoms with Gasteiger partial charge in [0.05, 0.1) is 17.0 Å². The van der Waals surface area contributed by atoms with Crippen LogP contribution >= 0.6 is 0 Å². The molecule has 0 radical (unpaired) electrons. The van der Waals surface area contributed by atoms with E-state index in [9.17, 15) is 9.90 Å². The van der Waals surface area contributed by atoms with Crippen molar-refractivity contribution in [1.29, 1.82) is 0 Å². The third-order valence-electron chi connectivity index (χ3n) is 5.68. The minimum atomic E-state index is 0.00494. The van der Waals surface area contributed by atoms with Crippen LogP contribution in [-0.2, 0) is 6.42 Å². The first-order chi connectivity index (χ1) is 15.1. The van der Waals surface area contributed by atoms with Crippen molar-refractivity contribution in [3.05, 3.63) is 83.7 Å². The van der Waals surface area contributed by atoms with E-state index in [1.165, 1.54) is 0 Å². The SMILES string of the molecule is CCCC(C)N1CCc2nc(-c3ccc(O)cc3)nc(C3=CC=CC=CC=C3)c2C1=O. The maximum atomic E-state index is 13.6. The average Bonchev–Trinajstić information content (AvgIpc) is 2.74. The number of carbonyl (C=O) groups excluding carboxylic acids is 1. The summed E-state index contributed by atoms with van der Waals surface area (Å²) in [5, 5.41) is 9.65. The molecule has 2 heterocycles. The van der Waals surface area contributed by atoms with Crippen molar-refractivity contribution >= 4 is 11.5 Å². The van der Waals surface area contributed by atoms with Crippen LogP contribution in [0.1, 0.15) is 48.4 Å². The number of hydrogen-bond donors (Lipinski definition) is 1. The van der Waals surface area contributed by atoms with Crippen LogP contribution in [0.5, 0.6) is 5.75 Å². The summed E-state index contributed by atoms with van der Waals surface area (Å²) in [6, 6.07) is 7.03. The summed E-state index contributed by atoms with van der Waals surface area (Å²) in [6.45, 7) is 4.91. The number of hydrogen-bond acceptors (Lipinski definition) is 4. The van der Waals surface area contributed by atoms with Gasteiger partial charge in [-0.3, -0.25) is 4.79 Å². The average molecular weight is 414 g/mol. The first-order valence-electron chi connectivity index (χ1n) is 10.8. The van der Waals surface area contributed by atoms with Crippen LogP contribution in [0.3, 0.4) is 0 Å². The lowest BCUT2D eigenvalue weighted by Crippen LogP contribution is -2.44. The molecule has 5 nitrogen and oxygen atoms in total. The lowest BCUT2D eigenvalue weighted by atomic mass is 9.95. The molecule has 0 saturated carbocycles. The van der Waals surface area contributed by atoms with E-state index in [1.807, 2.05) is 47.4 Å². The fraction of sp³-hybridized carbons (Fsp3) is 0.269. The molecule has 1 aliphatic heterocycles. The van der Waals surface area contributed by atoms with Gasteiger partial charge in [0.15, 0.2) is 5.82 Å². The van der Waals surface area contributed by atoms with Gasteiger partial charge < -0.3 is 10.0 Å². The number of aromatic hydroxyl groups is 1. The van der Waals surface area contributed by atoms with Crippen molar-refractivity contribution in [2.24, 2.45) is 0 Å². The number of phenolic OH excluding ortho intramolecular Hbond substituents is 1. The molecule has 31 heavy (non-hydrogen) atoms. The highest BCUT2D eigenvalue weighted by Crippen LogP contribution is 2.31. The summed E-state index contributed by atoms with van der Waals surface area (Å²) in [7, 11) is 0. The molecule has 0 fully saturated rings. The number of aromatic nitrogens is 2. The summed E-state index contributed by atoms with van der Waals surface area (Å²) >= 11 is 0. The largest absolute Gasteiger partial charge is 0.508 e. The highest BCUT2D eigenvalue weighted by molar-refractivity contribution is 6.01. The topological polar surface area (TPSA) is 66.3 Å². The summed E-state index contributed by atoms with van der Waals surface area (Å²) in [5.41, 5.74) is 3.72. The van der Waals surface area contributed by atoms with Crippen molar-refractivity contribution in [1.82, 2.24) is 14.9 Å². The first kappa shape index (κ1) is 20.8. The van der Waals surface area contributed by atoms with Gasteiger partial charge in [-0.2, -0.15) is 0 Å². The molecule has 158 valence electrons. The molecule has 1 aromatic carbocycles. The van der Waals surface area contributed by atoms with Gasteiger partial charge in [0, 0.05) is 30.1 Å². The molecule has 1 aromatic heterocycles. The second-order valence-corrected chi connectivity index (χ2v) is 7.90. The van der Waals surface area contributed by atoms with Crippen LogP contribution in [0, 0.1) is 0 Å². The molecule has 0 spiro atoms. The van der Waals surface area contributed by atoms with E-state index in [0.717, 1.165) is 29.7 Å². The standard InChI is InChI=1S/C26H27N3O2/c1-3-9-18(2)29-17-16-22-23(26(29)31)24(19-10-7-5-4-6-8-11-19)28-25(27-22)20-12-14-21(30)15-13-20/h4-8,10-15,18,30H,3,9,16-17H2,1-2H3. The highest BCUT2D eigenvalue weighted by Gasteiger charge is 2.32. The van der Waals surface area contributed by atoms with E-state index in [2.05, 4.69) is 13.8 Å². The highest BCUT2D eigenvalue weighted by atomic mass is 16.3. The summed E-state index contributed by atoms with van der Waals surface area (Å²) < 4.78 is 0. The molecular weight excluding hydrogens is 386 g/mol.